The highest BCUT2D eigenvalue weighted by Crippen LogP contribution is 2.30. The van der Waals surface area contributed by atoms with Gasteiger partial charge in [-0.15, -0.1) is 11.3 Å². The van der Waals surface area contributed by atoms with E-state index in [2.05, 4.69) is 4.98 Å². The molecule has 0 saturated heterocycles. The van der Waals surface area contributed by atoms with Crippen LogP contribution < -0.4 is 4.74 Å². The predicted octanol–water partition coefficient (Wildman–Crippen LogP) is 4.18. The van der Waals surface area contributed by atoms with Crippen molar-refractivity contribution in [3.8, 4) is 27.6 Å². The van der Waals surface area contributed by atoms with Crippen molar-refractivity contribution < 1.29 is 14.6 Å². The van der Waals surface area contributed by atoms with E-state index in [0.717, 1.165) is 27.6 Å². The highest BCUT2D eigenvalue weighted by atomic mass is 32.1. The quantitative estimate of drug-likeness (QED) is 0.785. The Labute approximate surface area is 131 Å². The summed E-state index contributed by atoms with van der Waals surface area (Å²) in [7, 11) is 1.63. The predicted molar refractivity (Wildman–Crippen MR) is 86.5 cm³/mol. The van der Waals surface area contributed by atoms with E-state index in [1.54, 1.807) is 25.3 Å². The van der Waals surface area contributed by atoms with Crippen molar-refractivity contribution in [3.05, 3.63) is 59.5 Å². The van der Waals surface area contributed by atoms with E-state index in [1.807, 2.05) is 35.7 Å². The van der Waals surface area contributed by atoms with Gasteiger partial charge >= 0.3 is 5.97 Å². The summed E-state index contributed by atoms with van der Waals surface area (Å²) in [6.07, 6.45) is 0. The lowest BCUT2D eigenvalue weighted by Crippen LogP contribution is -1.95. The van der Waals surface area contributed by atoms with Gasteiger partial charge in [0.2, 0.25) is 0 Å². The third-order valence-corrected chi connectivity index (χ3v) is 4.14. The Morgan fingerprint density at radius 1 is 1.14 bits per heavy atom. The van der Waals surface area contributed by atoms with Crippen LogP contribution in [0.25, 0.3) is 21.8 Å². The molecule has 5 heteroatoms. The SMILES string of the molecule is COc1ccc(-c2csc(-c3cccc(C(=O)O)c3)n2)cc1. The summed E-state index contributed by atoms with van der Waals surface area (Å²) >= 11 is 1.49. The molecule has 0 fully saturated rings. The van der Waals surface area contributed by atoms with Crippen molar-refractivity contribution >= 4 is 17.3 Å². The minimum Gasteiger partial charge on any atom is -0.497 e. The van der Waals surface area contributed by atoms with Crippen molar-refractivity contribution in [1.82, 2.24) is 4.98 Å². The largest absolute Gasteiger partial charge is 0.497 e. The van der Waals surface area contributed by atoms with Gasteiger partial charge in [-0.1, -0.05) is 12.1 Å². The number of nitrogens with zero attached hydrogens (tertiary/aromatic N) is 1. The third-order valence-electron chi connectivity index (χ3n) is 3.25. The summed E-state index contributed by atoms with van der Waals surface area (Å²) in [5.41, 5.74) is 2.93. The molecule has 0 radical (unpaired) electrons. The highest BCUT2D eigenvalue weighted by molar-refractivity contribution is 7.13. The van der Waals surface area contributed by atoms with Crippen LogP contribution in [0.3, 0.4) is 0 Å². The fraction of sp³-hybridized carbons (Fsp3) is 0.0588. The third kappa shape index (κ3) is 2.84. The molecule has 0 atom stereocenters. The molecule has 2 aromatic carbocycles. The van der Waals surface area contributed by atoms with Crippen LogP contribution in [-0.2, 0) is 0 Å². The van der Waals surface area contributed by atoms with Gasteiger partial charge in [0.1, 0.15) is 10.8 Å². The first-order valence-corrected chi connectivity index (χ1v) is 7.49. The molecule has 1 heterocycles. The summed E-state index contributed by atoms with van der Waals surface area (Å²) in [5.74, 6) is -0.137. The Morgan fingerprint density at radius 2 is 1.91 bits per heavy atom. The summed E-state index contributed by atoms with van der Waals surface area (Å²) in [5, 5.41) is 11.8. The van der Waals surface area contributed by atoms with Gasteiger partial charge in [-0.2, -0.15) is 0 Å². The zero-order valence-corrected chi connectivity index (χ0v) is 12.6. The number of thiazole rings is 1. The second-order valence-electron chi connectivity index (χ2n) is 4.65. The zero-order chi connectivity index (χ0) is 15.5. The number of carbonyl (C=O) groups is 1. The van der Waals surface area contributed by atoms with Gasteiger partial charge in [0.15, 0.2) is 0 Å². The smallest absolute Gasteiger partial charge is 0.335 e. The molecule has 22 heavy (non-hydrogen) atoms. The maximum absolute atomic E-state index is 11.0. The van der Waals surface area contributed by atoms with Crippen LogP contribution in [0.2, 0.25) is 0 Å². The number of hydrogen-bond donors (Lipinski definition) is 1. The van der Waals surface area contributed by atoms with E-state index < -0.39 is 5.97 Å². The lowest BCUT2D eigenvalue weighted by Gasteiger charge is -2.01. The van der Waals surface area contributed by atoms with Crippen molar-refractivity contribution in [2.75, 3.05) is 7.11 Å². The van der Waals surface area contributed by atoms with Gasteiger partial charge in [0.05, 0.1) is 18.4 Å². The first-order chi connectivity index (χ1) is 10.7. The van der Waals surface area contributed by atoms with Crippen LogP contribution in [0.1, 0.15) is 10.4 Å². The minimum absolute atomic E-state index is 0.263. The molecule has 0 aliphatic heterocycles. The number of rotatable bonds is 4. The molecule has 0 spiro atoms. The molecule has 1 aromatic heterocycles. The van der Waals surface area contributed by atoms with Crippen molar-refractivity contribution in [2.24, 2.45) is 0 Å². The monoisotopic (exact) mass is 311 g/mol. The molecule has 4 nitrogen and oxygen atoms in total. The number of ether oxygens (including phenoxy) is 1. The van der Waals surface area contributed by atoms with Crippen molar-refractivity contribution in [3.63, 3.8) is 0 Å². The van der Waals surface area contributed by atoms with E-state index in [-0.39, 0.29) is 5.56 Å². The first-order valence-electron chi connectivity index (χ1n) is 6.61. The van der Waals surface area contributed by atoms with Crippen molar-refractivity contribution in [1.29, 1.82) is 0 Å². The van der Waals surface area contributed by atoms with Gasteiger partial charge in [0, 0.05) is 16.5 Å². The normalized spacial score (nSPS) is 10.4. The molecular formula is C17H13NO3S. The highest BCUT2D eigenvalue weighted by Gasteiger charge is 2.09. The lowest BCUT2D eigenvalue weighted by molar-refractivity contribution is 0.0697. The molecule has 110 valence electrons. The second-order valence-corrected chi connectivity index (χ2v) is 5.51. The number of benzene rings is 2. The Bertz CT molecular complexity index is 809. The molecule has 0 aliphatic rings. The number of carboxylic acids is 1. The van der Waals surface area contributed by atoms with Crippen LogP contribution in [0, 0.1) is 0 Å². The van der Waals surface area contributed by atoms with Gasteiger partial charge in [-0.05, 0) is 36.4 Å². The van der Waals surface area contributed by atoms with Crippen LogP contribution in [0.4, 0.5) is 0 Å². The van der Waals surface area contributed by atoms with E-state index >= 15 is 0 Å². The number of aromatic nitrogens is 1. The molecule has 0 unspecified atom stereocenters. The maximum Gasteiger partial charge on any atom is 0.335 e. The molecule has 3 aromatic rings. The Hall–Kier alpha value is -2.66. The number of hydrogen-bond acceptors (Lipinski definition) is 4. The van der Waals surface area contributed by atoms with Gasteiger partial charge < -0.3 is 9.84 Å². The lowest BCUT2D eigenvalue weighted by atomic mass is 10.1. The molecule has 0 bridgehead atoms. The second kappa shape index (κ2) is 5.99. The molecule has 0 aliphatic carbocycles. The first kappa shape index (κ1) is 14.3. The Morgan fingerprint density at radius 3 is 2.59 bits per heavy atom. The van der Waals surface area contributed by atoms with E-state index in [9.17, 15) is 4.79 Å². The molecule has 3 rings (SSSR count). The molecule has 1 N–H and O–H groups in total. The minimum atomic E-state index is -0.936. The van der Waals surface area contributed by atoms with Gasteiger partial charge in [0.25, 0.3) is 0 Å². The standard InChI is InChI=1S/C17H13NO3S/c1-21-14-7-5-11(6-8-14)15-10-22-16(18-15)12-3-2-4-13(9-12)17(19)20/h2-10H,1H3,(H,19,20). The average Bonchev–Trinajstić information content (AvgIpc) is 3.05. The number of carboxylic acid groups (broad SMARTS) is 1. The summed E-state index contributed by atoms with van der Waals surface area (Å²) < 4.78 is 5.14. The molecular weight excluding hydrogens is 298 g/mol. The summed E-state index contributed by atoms with van der Waals surface area (Å²) in [6, 6.07) is 14.5. The fourth-order valence-electron chi connectivity index (χ4n) is 2.09. The van der Waals surface area contributed by atoms with Crippen molar-refractivity contribution in [2.45, 2.75) is 0 Å². The summed E-state index contributed by atoms with van der Waals surface area (Å²) in [4.78, 5) is 15.6. The zero-order valence-electron chi connectivity index (χ0n) is 11.8. The van der Waals surface area contributed by atoms with Crippen LogP contribution in [0.15, 0.2) is 53.9 Å². The summed E-state index contributed by atoms with van der Waals surface area (Å²) in [6.45, 7) is 0. The molecule has 0 amide bonds. The van der Waals surface area contributed by atoms with Gasteiger partial charge in [-0.25, -0.2) is 9.78 Å². The van der Waals surface area contributed by atoms with Crippen LogP contribution >= 0.6 is 11.3 Å². The van der Waals surface area contributed by atoms with Crippen LogP contribution in [0.5, 0.6) is 5.75 Å². The maximum atomic E-state index is 11.0. The topological polar surface area (TPSA) is 59.4 Å². The molecule has 0 saturated carbocycles. The Kier molecular flexibility index (Phi) is 3.89. The van der Waals surface area contributed by atoms with E-state index in [4.69, 9.17) is 9.84 Å². The Balaban J connectivity index is 1.93. The van der Waals surface area contributed by atoms with E-state index in [0.29, 0.717) is 0 Å². The van der Waals surface area contributed by atoms with Gasteiger partial charge in [-0.3, -0.25) is 0 Å². The fourth-order valence-corrected chi connectivity index (χ4v) is 2.91. The number of aromatic carboxylic acids is 1. The number of methoxy groups -OCH3 is 1. The van der Waals surface area contributed by atoms with Crippen LogP contribution in [-0.4, -0.2) is 23.2 Å². The van der Waals surface area contributed by atoms with E-state index in [1.165, 1.54) is 11.3 Å². The average molecular weight is 311 g/mol.